The molecule has 0 bridgehead atoms. The van der Waals surface area contributed by atoms with Gasteiger partial charge in [0.2, 0.25) is 0 Å². The smallest absolute Gasteiger partial charge is 0.182 e. The minimum Gasteiger partial charge on any atom is -0.337 e. The van der Waals surface area contributed by atoms with E-state index in [-0.39, 0.29) is 0 Å². The quantitative estimate of drug-likeness (QED) is 0.793. The van der Waals surface area contributed by atoms with Crippen LogP contribution in [0.5, 0.6) is 0 Å². The highest BCUT2D eigenvalue weighted by atomic mass is 35.5. The Morgan fingerprint density at radius 3 is 2.65 bits per heavy atom. The third-order valence-electron chi connectivity index (χ3n) is 2.68. The molecule has 1 aromatic carbocycles. The number of nitrogens with zero attached hydrogens (tertiary/aromatic N) is 1. The third kappa shape index (κ3) is 2.28. The molecule has 0 radical (unpaired) electrons. The second-order valence-electron chi connectivity index (χ2n) is 3.83. The summed E-state index contributed by atoms with van der Waals surface area (Å²) >= 11 is 17.7. The molecule has 2 aromatic rings. The molecule has 0 saturated heterocycles. The molecule has 1 N–H and O–H groups in total. The summed E-state index contributed by atoms with van der Waals surface area (Å²) in [5.74, 6) is 0. The minimum absolute atomic E-state index is 0.628. The molecule has 1 heterocycles. The van der Waals surface area contributed by atoms with Gasteiger partial charge in [0.25, 0.3) is 0 Å². The van der Waals surface area contributed by atoms with Crippen molar-refractivity contribution in [3.05, 3.63) is 44.4 Å². The van der Waals surface area contributed by atoms with E-state index in [4.69, 9.17) is 35.4 Å². The number of hydrogen-bond donors (Lipinski definition) is 1. The zero-order valence-corrected chi connectivity index (χ0v) is 11.9. The number of rotatable bonds is 2. The highest BCUT2D eigenvalue weighted by Crippen LogP contribution is 2.28. The summed E-state index contributed by atoms with van der Waals surface area (Å²) in [6.45, 7) is 3.99. The number of halogens is 2. The van der Waals surface area contributed by atoms with Gasteiger partial charge < -0.3 is 4.98 Å². The van der Waals surface area contributed by atoms with Gasteiger partial charge in [-0.25, -0.2) is 0 Å². The van der Waals surface area contributed by atoms with Gasteiger partial charge >= 0.3 is 0 Å². The first kappa shape index (κ1) is 12.7. The molecule has 0 amide bonds. The van der Waals surface area contributed by atoms with E-state index in [1.807, 2.05) is 29.8 Å². The lowest BCUT2D eigenvalue weighted by Gasteiger charge is -2.11. The van der Waals surface area contributed by atoms with Gasteiger partial charge in [0.05, 0.1) is 10.7 Å². The van der Waals surface area contributed by atoms with Gasteiger partial charge in [-0.3, -0.25) is 4.57 Å². The average Bonchev–Trinajstić information content (AvgIpc) is 2.65. The number of nitrogens with one attached hydrogen (secondary N) is 1. The molecule has 2 rings (SSSR count). The van der Waals surface area contributed by atoms with E-state index in [1.54, 1.807) is 0 Å². The number of hydrogen-bond acceptors (Lipinski definition) is 1. The maximum Gasteiger partial charge on any atom is 0.182 e. The molecule has 0 atom stereocenters. The predicted molar refractivity (Wildman–Crippen MR) is 75.1 cm³/mol. The van der Waals surface area contributed by atoms with Crippen LogP contribution < -0.4 is 0 Å². The van der Waals surface area contributed by atoms with E-state index in [0.717, 1.165) is 23.4 Å². The fourth-order valence-electron chi connectivity index (χ4n) is 1.74. The molecule has 1 aromatic heterocycles. The lowest BCUT2D eigenvalue weighted by molar-refractivity contribution is 0.922. The topological polar surface area (TPSA) is 20.7 Å². The normalized spacial score (nSPS) is 10.8. The Morgan fingerprint density at radius 2 is 2.00 bits per heavy atom. The van der Waals surface area contributed by atoms with Gasteiger partial charge in [-0.15, -0.1) is 0 Å². The molecule has 2 nitrogen and oxygen atoms in total. The van der Waals surface area contributed by atoms with Crippen molar-refractivity contribution in [1.82, 2.24) is 9.55 Å². The SMILES string of the molecule is CCc1c[nH]c(=S)n1-c1cc(Cl)c(C)cc1Cl. The number of aromatic amines is 1. The van der Waals surface area contributed by atoms with Gasteiger partial charge in [0.1, 0.15) is 0 Å². The van der Waals surface area contributed by atoms with Crippen LogP contribution >= 0.6 is 35.4 Å². The van der Waals surface area contributed by atoms with E-state index in [1.165, 1.54) is 0 Å². The zero-order chi connectivity index (χ0) is 12.6. The fourth-order valence-corrected chi connectivity index (χ4v) is 2.47. The van der Waals surface area contributed by atoms with Crippen LogP contribution in [0.15, 0.2) is 18.3 Å². The largest absolute Gasteiger partial charge is 0.337 e. The van der Waals surface area contributed by atoms with Crippen LogP contribution in [0.4, 0.5) is 0 Å². The standard InChI is InChI=1S/C12H12Cl2N2S/c1-3-8-6-15-12(17)16(8)11-5-9(13)7(2)4-10(11)14/h4-6H,3H2,1-2H3,(H,15,17). The Balaban J connectivity index is 2.72. The van der Waals surface area contributed by atoms with Crippen molar-refractivity contribution < 1.29 is 0 Å². The molecule has 0 aliphatic carbocycles. The van der Waals surface area contributed by atoms with Gasteiger partial charge in [-0.2, -0.15) is 0 Å². The first-order valence-corrected chi connectivity index (χ1v) is 6.46. The predicted octanol–water partition coefficient (Wildman–Crippen LogP) is 4.71. The average molecular weight is 287 g/mol. The van der Waals surface area contributed by atoms with Gasteiger partial charge in [-0.1, -0.05) is 30.1 Å². The number of imidazole rings is 1. The van der Waals surface area contributed by atoms with Crippen molar-refractivity contribution >= 4 is 35.4 Å². The molecule has 90 valence electrons. The van der Waals surface area contributed by atoms with Crippen LogP contribution in [0, 0.1) is 11.7 Å². The van der Waals surface area contributed by atoms with Crippen LogP contribution in [-0.2, 0) is 6.42 Å². The maximum absolute atomic E-state index is 6.25. The second-order valence-corrected chi connectivity index (χ2v) is 5.03. The monoisotopic (exact) mass is 286 g/mol. The van der Waals surface area contributed by atoms with Crippen LogP contribution in [0.3, 0.4) is 0 Å². The molecule has 0 fully saturated rings. The summed E-state index contributed by atoms with van der Waals surface area (Å²) in [7, 11) is 0. The highest BCUT2D eigenvalue weighted by Gasteiger charge is 2.10. The summed E-state index contributed by atoms with van der Waals surface area (Å²) in [6, 6.07) is 3.70. The van der Waals surface area contributed by atoms with Crippen molar-refractivity contribution in [2.75, 3.05) is 0 Å². The Morgan fingerprint density at radius 1 is 1.29 bits per heavy atom. The number of aromatic nitrogens is 2. The zero-order valence-electron chi connectivity index (χ0n) is 9.55. The molecule has 5 heteroatoms. The number of H-pyrrole nitrogens is 1. The Kier molecular flexibility index (Phi) is 3.61. The molecule has 0 saturated carbocycles. The molecular weight excluding hydrogens is 275 g/mol. The lowest BCUT2D eigenvalue weighted by Crippen LogP contribution is -2.00. The summed E-state index contributed by atoms with van der Waals surface area (Å²) in [4.78, 5) is 3.02. The molecule has 0 spiro atoms. The Hall–Kier alpha value is -0.770. The van der Waals surface area contributed by atoms with Crippen LogP contribution in [0.1, 0.15) is 18.2 Å². The highest BCUT2D eigenvalue weighted by molar-refractivity contribution is 7.71. The van der Waals surface area contributed by atoms with Gasteiger partial charge in [0, 0.05) is 16.9 Å². The Labute approximate surface area is 115 Å². The minimum atomic E-state index is 0.628. The molecule has 0 unspecified atom stereocenters. The van der Waals surface area contributed by atoms with E-state index in [0.29, 0.717) is 14.8 Å². The van der Waals surface area contributed by atoms with E-state index < -0.39 is 0 Å². The van der Waals surface area contributed by atoms with E-state index in [2.05, 4.69) is 11.9 Å². The van der Waals surface area contributed by atoms with Gasteiger partial charge in [0.15, 0.2) is 4.77 Å². The number of aryl methyl sites for hydroxylation is 2. The molecule has 17 heavy (non-hydrogen) atoms. The van der Waals surface area contributed by atoms with Crippen molar-refractivity contribution in [2.24, 2.45) is 0 Å². The second kappa shape index (κ2) is 4.84. The van der Waals surface area contributed by atoms with E-state index in [9.17, 15) is 0 Å². The van der Waals surface area contributed by atoms with Crippen molar-refractivity contribution in [3.63, 3.8) is 0 Å². The molecular formula is C12H12Cl2N2S. The van der Waals surface area contributed by atoms with E-state index >= 15 is 0 Å². The van der Waals surface area contributed by atoms with Crippen molar-refractivity contribution in [3.8, 4) is 5.69 Å². The van der Waals surface area contributed by atoms with Crippen molar-refractivity contribution in [2.45, 2.75) is 20.3 Å². The summed E-state index contributed by atoms with van der Waals surface area (Å²) in [5, 5.41) is 1.34. The first-order chi connectivity index (χ1) is 8.04. The summed E-state index contributed by atoms with van der Waals surface area (Å²) in [6.07, 6.45) is 2.77. The summed E-state index contributed by atoms with van der Waals surface area (Å²) < 4.78 is 2.55. The fraction of sp³-hybridized carbons (Fsp3) is 0.250. The Bertz CT molecular complexity index is 613. The first-order valence-electron chi connectivity index (χ1n) is 5.30. The van der Waals surface area contributed by atoms with Crippen LogP contribution in [-0.4, -0.2) is 9.55 Å². The van der Waals surface area contributed by atoms with Crippen LogP contribution in [0.2, 0.25) is 10.0 Å². The summed E-state index contributed by atoms with van der Waals surface area (Å²) in [5.41, 5.74) is 2.86. The van der Waals surface area contributed by atoms with Crippen LogP contribution in [0.25, 0.3) is 5.69 Å². The van der Waals surface area contributed by atoms with Crippen molar-refractivity contribution in [1.29, 1.82) is 0 Å². The maximum atomic E-state index is 6.25. The molecule has 0 aliphatic heterocycles. The lowest BCUT2D eigenvalue weighted by atomic mass is 10.2. The third-order valence-corrected chi connectivity index (χ3v) is 3.69. The number of benzene rings is 1. The molecule has 0 aliphatic rings. The van der Waals surface area contributed by atoms with Gasteiger partial charge in [-0.05, 0) is 43.3 Å².